The highest BCUT2D eigenvalue weighted by Gasteiger charge is 2.19. The van der Waals surface area contributed by atoms with Crippen LogP contribution in [0.3, 0.4) is 0 Å². The second-order valence-electron chi connectivity index (χ2n) is 8.60. The van der Waals surface area contributed by atoms with Crippen molar-refractivity contribution in [1.82, 2.24) is 0 Å². The molecular formula is C26H42O4. The third kappa shape index (κ3) is 10.8. The first kappa shape index (κ1) is 26.2. The minimum absolute atomic E-state index is 0.288. The van der Waals surface area contributed by atoms with Gasteiger partial charge in [-0.2, -0.15) is 0 Å². The highest BCUT2D eigenvalue weighted by atomic mass is 16.5. The van der Waals surface area contributed by atoms with Gasteiger partial charge in [0, 0.05) is 0 Å². The van der Waals surface area contributed by atoms with E-state index in [1.165, 1.54) is 38.5 Å². The van der Waals surface area contributed by atoms with Gasteiger partial charge in [0.05, 0.1) is 24.3 Å². The van der Waals surface area contributed by atoms with Crippen molar-refractivity contribution in [2.24, 2.45) is 11.8 Å². The molecule has 0 saturated carbocycles. The van der Waals surface area contributed by atoms with Gasteiger partial charge >= 0.3 is 11.9 Å². The number of carbonyl (C=O) groups is 2. The summed E-state index contributed by atoms with van der Waals surface area (Å²) >= 11 is 0. The standard InChI is InChI=1S/C26H42O4/c1-5-7-8-9-10-11-14-19-29-25(27)23-15-12-13-16-24(23)26(28)30-20-22(4)18-17-21(3)6-2/h12-13,15-16,21-22H,5-11,14,17-20H2,1-4H3. The van der Waals surface area contributed by atoms with Crippen LogP contribution in [0.15, 0.2) is 24.3 Å². The second-order valence-corrected chi connectivity index (χ2v) is 8.60. The zero-order valence-electron chi connectivity index (χ0n) is 19.6. The predicted octanol–water partition coefficient (Wildman–Crippen LogP) is 7.21. The summed E-state index contributed by atoms with van der Waals surface area (Å²) in [5, 5.41) is 0. The molecule has 0 aliphatic carbocycles. The SMILES string of the molecule is CCCCCCCCCOC(=O)c1ccccc1C(=O)OCC(C)CCC(C)CC. The normalized spacial score (nSPS) is 12.9. The van der Waals surface area contributed by atoms with Gasteiger partial charge in [-0.05, 0) is 36.8 Å². The number of carbonyl (C=O) groups excluding carboxylic acids is 2. The minimum atomic E-state index is -0.450. The molecule has 0 spiro atoms. The van der Waals surface area contributed by atoms with Crippen LogP contribution in [-0.2, 0) is 9.47 Å². The molecule has 2 atom stereocenters. The molecule has 1 rings (SSSR count). The highest BCUT2D eigenvalue weighted by Crippen LogP contribution is 2.17. The molecule has 0 N–H and O–H groups in total. The fourth-order valence-corrected chi connectivity index (χ4v) is 3.29. The fraction of sp³-hybridized carbons (Fsp3) is 0.692. The number of ether oxygens (including phenoxy) is 2. The van der Waals surface area contributed by atoms with Crippen molar-refractivity contribution < 1.29 is 19.1 Å². The number of rotatable bonds is 16. The Morgan fingerprint density at radius 1 is 0.767 bits per heavy atom. The Morgan fingerprint density at radius 2 is 1.30 bits per heavy atom. The first-order chi connectivity index (χ1) is 14.5. The molecule has 0 aliphatic rings. The van der Waals surface area contributed by atoms with E-state index in [2.05, 4.69) is 27.7 Å². The molecule has 1 aromatic rings. The average molecular weight is 419 g/mol. The number of hydrogen-bond donors (Lipinski definition) is 0. The molecule has 4 nitrogen and oxygen atoms in total. The Balaban J connectivity index is 2.42. The van der Waals surface area contributed by atoms with Crippen molar-refractivity contribution >= 4 is 11.9 Å². The van der Waals surface area contributed by atoms with Crippen molar-refractivity contribution in [3.05, 3.63) is 35.4 Å². The van der Waals surface area contributed by atoms with E-state index in [0.29, 0.717) is 25.0 Å². The van der Waals surface area contributed by atoms with E-state index in [4.69, 9.17) is 9.47 Å². The molecule has 0 heterocycles. The van der Waals surface area contributed by atoms with Gasteiger partial charge in [0.15, 0.2) is 0 Å². The monoisotopic (exact) mass is 418 g/mol. The maximum absolute atomic E-state index is 12.5. The van der Waals surface area contributed by atoms with Crippen molar-refractivity contribution in [2.45, 2.75) is 91.9 Å². The molecule has 2 unspecified atom stereocenters. The van der Waals surface area contributed by atoms with E-state index in [9.17, 15) is 9.59 Å². The summed E-state index contributed by atoms with van der Waals surface area (Å²) in [4.78, 5) is 25.0. The minimum Gasteiger partial charge on any atom is -0.462 e. The van der Waals surface area contributed by atoms with Crippen molar-refractivity contribution in [1.29, 1.82) is 0 Å². The number of esters is 2. The van der Waals surface area contributed by atoms with Crippen molar-refractivity contribution in [3.8, 4) is 0 Å². The molecule has 0 bridgehead atoms. The van der Waals surface area contributed by atoms with Crippen LogP contribution in [0.25, 0.3) is 0 Å². The van der Waals surface area contributed by atoms with Gasteiger partial charge in [0.1, 0.15) is 0 Å². The highest BCUT2D eigenvalue weighted by molar-refractivity contribution is 6.03. The lowest BCUT2D eigenvalue weighted by molar-refractivity contribution is 0.0414. The first-order valence-corrected chi connectivity index (χ1v) is 11.9. The summed E-state index contributed by atoms with van der Waals surface area (Å²) in [7, 11) is 0. The zero-order chi connectivity index (χ0) is 22.2. The quantitative estimate of drug-likeness (QED) is 0.210. The van der Waals surface area contributed by atoms with Crippen molar-refractivity contribution in [3.63, 3.8) is 0 Å². The third-order valence-electron chi connectivity index (χ3n) is 5.70. The lowest BCUT2D eigenvalue weighted by Gasteiger charge is -2.15. The van der Waals surface area contributed by atoms with Gasteiger partial charge in [0.2, 0.25) is 0 Å². The largest absolute Gasteiger partial charge is 0.462 e. The topological polar surface area (TPSA) is 52.6 Å². The Morgan fingerprint density at radius 3 is 1.90 bits per heavy atom. The van der Waals surface area contributed by atoms with Crippen LogP contribution in [0.4, 0.5) is 0 Å². The number of hydrogen-bond acceptors (Lipinski definition) is 4. The van der Waals surface area contributed by atoms with Crippen molar-refractivity contribution in [2.75, 3.05) is 13.2 Å². The molecule has 0 aliphatic heterocycles. The van der Waals surface area contributed by atoms with Crippen LogP contribution in [0.5, 0.6) is 0 Å². The maximum atomic E-state index is 12.5. The predicted molar refractivity (Wildman–Crippen MR) is 123 cm³/mol. The van der Waals surface area contributed by atoms with Gasteiger partial charge in [-0.25, -0.2) is 9.59 Å². The number of unbranched alkanes of at least 4 members (excludes halogenated alkanes) is 6. The second kappa shape index (κ2) is 15.9. The van der Waals surface area contributed by atoms with Gasteiger partial charge in [-0.15, -0.1) is 0 Å². The van der Waals surface area contributed by atoms with Crippen LogP contribution in [-0.4, -0.2) is 25.2 Å². The van der Waals surface area contributed by atoms with Crippen LogP contribution in [0.1, 0.15) is 113 Å². The Bertz CT molecular complexity index is 611. The summed E-state index contributed by atoms with van der Waals surface area (Å²) < 4.78 is 10.9. The Hall–Kier alpha value is -1.84. The van der Waals surface area contributed by atoms with E-state index in [1.54, 1.807) is 24.3 Å². The molecule has 170 valence electrons. The molecular weight excluding hydrogens is 376 g/mol. The summed E-state index contributed by atoms with van der Waals surface area (Å²) in [5.41, 5.74) is 0.578. The molecule has 1 aromatic carbocycles. The van der Waals surface area contributed by atoms with Gasteiger partial charge < -0.3 is 9.47 Å². The first-order valence-electron chi connectivity index (χ1n) is 11.9. The molecule has 0 aromatic heterocycles. The summed E-state index contributed by atoms with van der Waals surface area (Å²) in [6.07, 6.45) is 11.5. The third-order valence-corrected chi connectivity index (χ3v) is 5.70. The van der Waals surface area contributed by atoms with E-state index in [0.717, 1.165) is 25.7 Å². The summed E-state index contributed by atoms with van der Waals surface area (Å²) in [6.45, 7) is 9.51. The molecule has 30 heavy (non-hydrogen) atoms. The summed E-state index contributed by atoms with van der Waals surface area (Å²) in [6, 6.07) is 6.76. The molecule has 0 amide bonds. The van der Waals surface area contributed by atoms with E-state index in [-0.39, 0.29) is 11.1 Å². The van der Waals surface area contributed by atoms with Crippen LogP contribution in [0.2, 0.25) is 0 Å². The number of benzene rings is 1. The zero-order valence-corrected chi connectivity index (χ0v) is 19.6. The Kier molecular flexibility index (Phi) is 13.9. The van der Waals surface area contributed by atoms with Crippen LogP contribution in [0, 0.1) is 11.8 Å². The fourth-order valence-electron chi connectivity index (χ4n) is 3.29. The van der Waals surface area contributed by atoms with Crippen LogP contribution < -0.4 is 0 Å². The van der Waals surface area contributed by atoms with Gasteiger partial charge in [-0.1, -0.05) is 91.2 Å². The van der Waals surface area contributed by atoms with Crippen LogP contribution >= 0.6 is 0 Å². The molecule has 0 saturated heterocycles. The van der Waals surface area contributed by atoms with Gasteiger partial charge in [-0.3, -0.25) is 0 Å². The maximum Gasteiger partial charge on any atom is 0.339 e. The molecule has 0 fully saturated rings. The van der Waals surface area contributed by atoms with E-state index in [1.807, 2.05) is 0 Å². The van der Waals surface area contributed by atoms with E-state index < -0.39 is 11.9 Å². The smallest absolute Gasteiger partial charge is 0.339 e. The van der Waals surface area contributed by atoms with Gasteiger partial charge in [0.25, 0.3) is 0 Å². The molecule has 0 radical (unpaired) electrons. The average Bonchev–Trinajstić information content (AvgIpc) is 2.77. The lowest BCUT2D eigenvalue weighted by atomic mass is 9.97. The Labute approximate surface area is 183 Å². The summed E-state index contributed by atoms with van der Waals surface area (Å²) in [5.74, 6) is 0.0987. The van der Waals surface area contributed by atoms with E-state index >= 15 is 0 Å². The molecule has 4 heteroatoms. The lowest BCUT2D eigenvalue weighted by Crippen LogP contribution is -2.17.